The van der Waals surface area contributed by atoms with Crippen LogP contribution in [0.25, 0.3) is 0 Å². The summed E-state index contributed by atoms with van der Waals surface area (Å²) < 4.78 is 12.9. The van der Waals surface area contributed by atoms with Gasteiger partial charge >= 0.3 is 6.03 Å². The zero-order valence-electron chi connectivity index (χ0n) is 9.97. The van der Waals surface area contributed by atoms with Gasteiger partial charge in [-0.2, -0.15) is 0 Å². The van der Waals surface area contributed by atoms with Gasteiger partial charge in [-0.1, -0.05) is 0 Å². The molecule has 1 fully saturated rings. The number of aliphatic hydroxyl groups excluding tert-OH is 1. The highest BCUT2D eigenvalue weighted by Crippen LogP contribution is 2.17. The fourth-order valence-corrected chi connectivity index (χ4v) is 2.08. The first-order chi connectivity index (χ1) is 8.69. The molecule has 0 radical (unpaired) electrons. The van der Waals surface area contributed by atoms with Crippen LogP contribution in [-0.4, -0.2) is 40.7 Å². The van der Waals surface area contributed by atoms with Crippen LogP contribution in [0.4, 0.5) is 14.9 Å². The van der Waals surface area contributed by atoms with Crippen molar-refractivity contribution in [3.63, 3.8) is 0 Å². The zero-order chi connectivity index (χ0) is 13.0. The number of carbonyl (C=O) groups is 1. The van der Waals surface area contributed by atoms with Crippen molar-refractivity contribution in [3.8, 4) is 0 Å². The lowest BCUT2D eigenvalue weighted by Crippen LogP contribution is -2.43. The molecule has 0 aromatic carbocycles. The minimum absolute atomic E-state index is 0.0886. The topological polar surface area (TPSA) is 65.5 Å². The van der Waals surface area contributed by atoms with Crippen LogP contribution < -0.4 is 5.32 Å². The van der Waals surface area contributed by atoms with Crippen LogP contribution in [0, 0.1) is 11.7 Å². The van der Waals surface area contributed by atoms with Crippen LogP contribution in [0.15, 0.2) is 18.5 Å². The number of likely N-dealkylation sites (tertiary alicyclic amines) is 1. The molecule has 0 unspecified atom stereocenters. The third-order valence-corrected chi connectivity index (χ3v) is 3.02. The number of nitrogens with one attached hydrogen (secondary N) is 1. The van der Waals surface area contributed by atoms with Crippen LogP contribution in [-0.2, 0) is 0 Å². The van der Waals surface area contributed by atoms with Crippen LogP contribution in [0.5, 0.6) is 0 Å². The van der Waals surface area contributed by atoms with E-state index in [1.165, 1.54) is 12.3 Å². The molecule has 1 atom stereocenters. The first-order valence-electron chi connectivity index (χ1n) is 5.96. The number of nitrogens with zero attached hydrogens (tertiary/aromatic N) is 2. The molecule has 0 spiro atoms. The van der Waals surface area contributed by atoms with Crippen molar-refractivity contribution >= 4 is 11.7 Å². The maximum absolute atomic E-state index is 12.9. The second-order valence-electron chi connectivity index (χ2n) is 4.46. The van der Waals surface area contributed by atoms with Gasteiger partial charge in [-0.05, 0) is 18.8 Å². The molecule has 18 heavy (non-hydrogen) atoms. The highest BCUT2D eigenvalue weighted by atomic mass is 19.1. The maximum atomic E-state index is 12.9. The summed E-state index contributed by atoms with van der Waals surface area (Å²) in [6, 6.07) is 0.943. The molecular weight excluding hydrogens is 237 g/mol. The number of carbonyl (C=O) groups excluding carboxylic acids is 1. The van der Waals surface area contributed by atoms with Crippen molar-refractivity contribution in [2.45, 2.75) is 12.8 Å². The molecule has 6 heteroatoms. The smallest absolute Gasteiger partial charge is 0.321 e. The summed E-state index contributed by atoms with van der Waals surface area (Å²) >= 11 is 0. The molecule has 1 aliphatic rings. The SMILES string of the molecule is O=C(Nc1cncc(F)c1)N1CCC[C@H](CO)C1. The monoisotopic (exact) mass is 253 g/mol. The zero-order valence-corrected chi connectivity index (χ0v) is 9.97. The summed E-state index contributed by atoms with van der Waals surface area (Å²) in [6.07, 6.45) is 4.29. The maximum Gasteiger partial charge on any atom is 0.321 e. The van der Waals surface area contributed by atoms with Gasteiger partial charge in [0, 0.05) is 25.8 Å². The van der Waals surface area contributed by atoms with E-state index in [0.717, 1.165) is 19.0 Å². The Labute approximate surface area is 105 Å². The lowest BCUT2D eigenvalue weighted by atomic mass is 9.99. The standard InChI is InChI=1S/C12H16FN3O2/c13-10-4-11(6-14-5-10)15-12(18)16-3-1-2-9(7-16)8-17/h4-6,9,17H,1-3,7-8H2,(H,15,18)/t9-/m0/s1. The Morgan fingerprint density at radius 3 is 3.17 bits per heavy atom. The van der Waals surface area contributed by atoms with E-state index in [1.54, 1.807) is 4.90 Å². The highest BCUT2D eigenvalue weighted by molar-refractivity contribution is 5.89. The molecule has 2 amide bonds. The average molecular weight is 253 g/mol. The van der Waals surface area contributed by atoms with Gasteiger partial charge in [0.25, 0.3) is 0 Å². The number of amides is 2. The van der Waals surface area contributed by atoms with E-state index < -0.39 is 5.82 Å². The average Bonchev–Trinajstić information content (AvgIpc) is 2.39. The summed E-state index contributed by atoms with van der Waals surface area (Å²) in [5.74, 6) is -0.352. The Bertz CT molecular complexity index is 428. The molecule has 1 saturated heterocycles. The summed E-state index contributed by atoms with van der Waals surface area (Å²) in [5, 5.41) is 11.7. The number of anilines is 1. The molecular formula is C12H16FN3O2. The van der Waals surface area contributed by atoms with E-state index >= 15 is 0 Å². The molecule has 5 nitrogen and oxygen atoms in total. The molecule has 1 aromatic rings. The molecule has 2 rings (SSSR count). The first-order valence-corrected chi connectivity index (χ1v) is 5.96. The molecule has 2 N–H and O–H groups in total. The predicted molar refractivity (Wildman–Crippen MR) is 64.6 cm³/mol. The van der Waals surface area contributed by atoms with Gasteiger partial charge in [-0.3, -0.25) is 4.98 Å². The van der Waals surface area contributed by atoms with Crippen LogP contribution >= 0.6 is 0 Å². The number of aromatic nitrogens is 1. The fraction of sp³-hybridized carbons (Fsp3) is 0.500. The third-order valence-electron chi connectivity index (χ3n) is 3.02. The normalized spacial score (nSPS) is 19.7. The van der Waals surface area contributed by atoms with Crippen molar-refractivity contribution in [2.24, 2.45) is 5.92 Å². The Morgan fingerprint density at radius 1 is 1.61 bits per heavy atom. The number of piperidine rings is 1. The molecule has 0 aliphatic carbocycles. The summed E-state index contributed by atoms with van der Waals surface area (Å²) in [7, 11) is 0. The van der Waals surface area contributed by atoms with E-state index in [2.05, 4.69) is 10.3 Å². The summed E-state index contributed by atoms with van der Waals surface area (Å²) in [4.78, 5) is 17.2. The first kappa shape index (κ1) is 12.8. The highest BCUT2D eigenvalue weighted by Gasteiger charge is 2.23. The number of halogens is 1. The van der Waals surface area contributed by atoms with Crippen molar-refractivity contribution in [3.05, 3.63) is 24.3 Å². The van der Waals surface area contributed by atoms with Crippen LogP contribution in [0.3, 0.4) is 0 Å². The molecule has 0 bridgehead atoms. The van der Waals surface area contributed by atoms with Gasteiger partial charge in [0.05, 0.1) is 18.1 Å². The Kier molecular flexibility index (Phi) is 4.09. The number of hydrogen-bond donors (Lipinski definition) is 2. The van der Waals surface area contributed by atoms with Crippen molar-refractivity contribution in [1.29, 1.82) is 0 Å². The number of rotatable bonds is 2. The number of urea groups is 1. The van der Waals surface area contributed by atoms with Gasteiger partial charge in [-0.15, -0.1) is 0 Å². The van der Waals surface area contributed by atoms with E-state index in [-0.39, 0.29) is 18.6 Å². The van der Waals surface area contributed by atoms with Gasteiger partial charge in [-0.25, -0.2) is 9.18 Å². The lowest BCUT2D eigenvalue weighted by molar-refractivity contribution is 0.136. The fourth-order valence-electron chi connectivity index (χ4n) is 2.08. The summed E-state index contributed by atoms with van der Waals surface area (Å²) in [6.45, 7) is 1.28. The molecule has 98 valence electrons. The molecule has 1 aliphatic heterocycles. The predicted octanol–water partition coefficient (Wildman–Crippen LogP) is 1.46. The van der Waals surface area contributed by atoms with E-state index in [4.69, 9.17) is 5.11 Å². The van der Waals surface area contributed by atoms with E-state index in [9.17, 15) is 9.18 Å². The quantitative estimate of drug-likeness (QED) is 0.838. The minimum atomic E-state index is -0.486. The van der Waals surface area contributed by atoms with E-state index in [0.29, 0.717) is 18.8 Å². The second-order valence-corrected chi connectivity index (χ2v) is 4.46. The summed E-state index contributed by atoms with van der Waals surface area (Å²) in [5.41, 5.74) is 0.339. The van der Waals surface area contributed by atoms with Gasteiger partial charge in [0.2, 0.25) is 0 Å². The van der Waals surface area contributed by atoms with Crippen molar-refractivity contribution < 1.29 is 14.3 Å². The van der Waals surface area contributed by atoms with Crippen molar-refractivity contribution in [1.82, 2.24) is 9.88 Å². The van der Waals surface area contributed by atoms with Gasteiger partial charge in [0.15, 0.2) is 0 Å². The Balaban J connectivity index is 1.95. The number of hydrogen-bond acceptors (Lipinski definition) is 3. The molecule has 1 aromatic heterocycles. The van der Waals surface area contributed by atoms with Crippen LogP contribution in [0.2, 0.25) is 0 Å². The number of pyridine rings is 1. The molecule has 0 saturated carbocycles. The second kappa shape index (κ2) is 5.77. The largest absolute Gasteiger partial charge is 0.396 e. The third kappa shape index (κ3) is 3.16. The number of aliphatic hydroxyl groups is 1. The lowest BCUT2D eigenvalue weighted by Gasteiger charge is -2.31. The minimum Gasteiger partial charge on any atom is -0.396 e. The van der Waals surface area contributed by atoms with Crippen LogP contribution in [0.1, 0.15) is 12.8 Å². The Morgan fingerprint density at radius 2 is 2.44 bits per heavy atom. The van der Waals surface area contributed by atoms with Gasteiger partial charge < -0.3 is 15.3 Å². The van der Waals surface area contributed by atoms with Crippen molar-refractivity contribution in [2.75, 3.05) is 25.0 Å². The van der Waals surface area contributed by atoms with Gasteiger partial charge in [0.1, 0.15) is 5.82 Å². The Hall–Kier alpha value is -1.69. The van der Waals surface area contributed by atoms with E-state index in [1.807, 2.05) is 0 Å². The molecule has 2 heterocycles.